The van der Waals surface area contributed by atoms with Gasteiger partial charge in [-0.25, -0.2) is 28.8 Å². The molecule has 0 aliphatic heterocycles. The summed E-state index contributed by atoms with van der Waals surface area (Å²) in [6.45, 7) is 2.63. The first-order valence-electron chi connectivity index (χ1n) is 35.5. The van der Waals surface area contributed by atoms with E-state index in [1.54, 1.807) is 4.90 Å². The highest BCUT2D eigenvalue weighted by Gasteiger charge is 2.27. The number of ether oxygens (including phenoxy) is 6. The molecule has 24 heteroatoms. The van der Waals surface area contributed by atoms with Crippen LogP contribution in [0, 0.1) is 0 Å². The van der Waals surface area contributed by atoms with Crippen molar-refractivity contribution >= 4 is 54.3 Å². The molecule has 24 nitrogen and oxygen atoms in total. The van der Waals surface area contributed by atoms with Crippen molar-refractivity contribution in [2.24, 2.45) is 0 Å². The highest BCUT2D eigenvalue weighted by Crippen LogP contribution is 2.15. The second-order valence-electron chi connectivity index (χ2n) is 24.5. The third-order valence-corrected chi connectivity index (χ3v) is 16.3. The van der Waals surface area contributed by atoms with Crippen LogP contribution in [0.1, 0.15) is 143 Å². The van der Waals surface area contributed by atoms with E-state index in [0.717, 1.165) is 33.4 Å². The van der Waals surface area contributed by atoms with Crippen molar-refractivity contribution in [1.29, 1.82) is 0 Å². The van der Waals surface area contributed by atoms with E-state index in [-0.39, 0.29) is 83.2 Å². The van der Waals surface area contributed by atoms with Crippen molar-refractivity contribution in [3.05, 3.63) is 215 Å². The van der Waals surface area contributed by atoms with Crippen LogP contribution in [0.5, 0.6) is 0 Å². The van der Waals surface area contributed by atoms with Crippen LogP contribution in [-0.2, 0) is 82.4 Å². The summed E-state index contributed by atoms with van der Waals surface area (Å²) >= 11 is 0. The lowest BCUT2D eigenvalue weighted by atomic mass is 10.1. The molecule has 0 radical (unpaired) electrons. The van der Waals surface area contributed by atoms with E-state index in [1.165, 1.54) is 0 Å². The Morgan fingerprint density at radius 2 is 0.480 bits per heavy atom. The van der Waals surface area contributed by atoms with Gasteiger partial charge in [-0.1, -0.05) is 208 Å². The van der Waals surface area contributed by atoms with Gasteiger partial charge in [0.15, 0.2) is 0 Å². The van der Waals surface area contributed by atoms with Gasteiger partial charge in [0.25, 0.3) is 0 Å². The third kappa shape index (κ3) is 35.9. The summed E-state index contributed by atoms with van der Waals surface area (Å²) in [4.78, 5) is 121. The van der Waals surface area contributed by atoms with E-state index in [2.05, 4.69) is 42.5 Å². The van der Waals surface area contributed by atoms with E-state index in [9.17, 15) is 43.2 Å². The Morgan fingerprint density at radius 3 is 0.765 bits per heavy atom. The minimum Gasteiger partial charge on any atom is -0.445 e. The van der Waals surface area contributed by atoms with Crippen molar-refractivity contribution in [1.82, 2.24) is 47.4 Å². The quantitative estimate of drug-likeness (QED) is 0.0130. The molecule has 6 aromatic rings. The molecule has 3 unspecified atom stereocenters. The molecule has 0 heterocycles. The zero-order valence-corrected chi connectivity index (χ0v) is 58.3. The number of hydrogen-bond donors (Lipinski definition) is 8. The third-order valence-electron chi connectivity index (χ3n) is 16.3. The number of alkyl carbamates (subject to hydrolysis) is 6. The Bertz CT molecular complexity index is 3210. The Morgan fingerprint density at radius 1 is 0.255 bits per heavy atom. The molecule has 3 atom stereocenters. The van der Waals surface area contributed by atoms with Crippen LogP contribution in [0.4, 0.5) is 28.8 Å². The van der Waals surface area contributed by atoms with Gasteiger partial charge in [-0.3, -0.25) is 14.4 Å². The molecule has 0 aliphatic carbocycles. The Hall–Kier alpha value is -10.7. The number of hydrogen-bond acceptors (Lipinski definition) is 15. The van der Waals surface area contributed by atoms with E-state index in [4.69, 9.17) is 28.4 Å². The highest BCUT2D eigenvalue weighted by atomic mass is 16.6. The molecular formula is C78H101N9O15. The molecule has 9 amide bonds. The standard InChI is InChI=1S/C78H101N9O15/c88-70(67(84-76(94)100-58-64-39-17-8-18-40-64)45-23-28-50-81-73(91)97-55-61-33-11-5-12-34-61)79-48-26-1-3-31-53-87(72(90)69(86-78(96)102-60-66-43-21-10-22-44-66)47-25-30-52-83-75(93)99-57-63-37-15-7-16-38-63)54-32-4-2-27-49-80-71(89)68(85-77(95)101-59-65-41-19-9-20-42-65)46-24-29-51-82-74(92)98-56-62-35-13-6-14-36-62/h5-22,33-44,67-69H,1-4,23-32,45-60H2,(H,79,88)(H,80,89)(H,81,91)(H,82,92)(H,83,93)(H,84,94)(H,85,95)(H,86,96). The molecule has 0 spiro atoms. The fraction of sp³-hybridized carbons (Fsp3) is 0.423. The maximum atomic E-state index is 14.8. The van der Waals surface area contributed by atoms with E-state index in [0.29, 0.717) is 129 Å². The van der Waals surface area contributed by atoms with Gasteiger partial charge in [0.2, 0.25) is 17.7 Å². The lowest BCUT2D eigenvalue weighted by Crippen LogP contribution is -2.49. The largest absolute Gasteiger partial charge is 0.445 e. The molecule has 0 saturated carbocycles. The summed E-state index contributed by atoms with van der Waals surface area (Å²) in [7, 11) is 0. The first-order valence-corrected chi connectivity index (χ1v) is 35.5. The van der Waals surface area contributed by atoms with Gasteiger partial charge in [-0.15, -0.1) is 0 Å². The fourth-order valence-electron chi connectivity index (χ4n) is 10.6. The zero-order valence-electron chi connectivity index (χ0n) is 58.3. The van der Waals surface area contributed by atoms with Gasteiger partial charge in [0.05, 0.1) is 0 Å². The van der Waals surface area contributed by atoms with Crippen molar-refractivity contribution in [3.63, 3.8) is 0 Å². The van der Waals surface area contributed by atoms with Crippen molar-refractivity contribution < 1.29 is 71.6 Å². The number of nitrogens with zero attached hydrogens (tertiary/aromatic N) is 1. The first-order chi connectivity index (χ1) is 49.9. The predicted molar refractivity (Wildman–Crippen MR) is 386 cm³/mol. The van der Waals surface area contributed by atoms with Gasteiger partial charge in [-0.2, -0.15) is 0 Å². The molecule has 0 bridgehead atoms. The number of unbranched alkanes of at least 4 members (excludes halogenated alkanes) is 9. The lowest BCUT2D eigenvalue weighted by Gasteiger charge is -2.28. The maximum absolute atomic E-state index is 14.8. The van der Waals surface area contributed by atoms with E-state index < -0.39 is 54.7 Å². The Balaban J connectivity index is 1.01. The molecule has 0 aliphatic rings. The number of carbonyl (C=O) groups excluding carboxylic acids is 9. The average Bonchev–Trinajstić information content (AvgIpc) is 0.900. The Kier molecular flexibility index (Phi) is 39.2. The lowest BCUT2D eigenvalue weighted by molar-refractivity contribution is -0.134. The van der Waals surface area contributed by atoms with Gasteiger partial charge < -0.3 is 75.9 Å². The number of carbonyl (C=O) groups is 9. The summed E-state index contributed by atoms with van der Waals surface area (Å²) in [6, 6.07) is 52.7. The molecule has 6 aromatic carbocycles. The highest BCUT2D eigenvalue weighted by molar-refractivity contribution is 5.87. The van der Waals surface area contributed by atoms with Gasteiger partial charge >= 0.3 is 36.6 Å². The van der Waals surface area contributed by atoms with Crippen LogP contribution >= 0.6 is 0 Å². The summed E-state index contributed by atoms with van der Waals surface area (Å²) < 4.78 is 32.5. The summed E-state index contributed by atoms with van der Waals surface area (Å²) in [6.07, 6.45) is 5.02. The van der Waals surface area contributed by atoms with Crippen LogP contribution in [0.25, 0.3) is 0 Å². The van der Waals surface area contributed by atoms with Crippen molar-refractivity contribution in [2.45, 2.75) is 167 Å². The second kappa shape index (κ2) is 49.8. The van der Waals surface area contributed by atoms with Crippen LogP contribution in [0.3, 0.4) is 0 Å². The molecule has 0 fully saturated rings. The topological polar surface area (TPSA) is 308 Å². The summed E-state index contributed by atoms with van der Waals surface area (Å²) in [5, 5.41) is 22.5. The number of nitrogens with one attached hydrogen (secondary N) is 8. The normalized spacial score (nSPS) is 11.6. The fourth-order valence-corrected chi connectivity index (χ4v) is 10.6. The van der Waals surface area contributed by atoms with Crippen molar-refractivity contribution in [3.8, 4) is 0 Å². The van der Waals surface area contributed by atoms with E-state index >= 15 is 0 Å². The van der Waals surface area contributed by atoms with Crippen LogP contribution in [-0.4, -0.2) is 123 Å². The van der Waals surface area contributed by atoms with Gasteiger partial charge in [0.1, 0.15) is 57.8 Å². The minimum atomic E-state index is -0.964. The number of rotatable bonds is 47. The SMILES string of the molecule is O=C(NCCCCC(NC(=O)OCc1ccccc1)C(=O)NCCCCCCN(CCCCCCNC(=O)C(CCCCNC(=O)OCc1ccccc1)NC(=O)OCc1ccccc1)C(=O)C(CCCCNC(=O)OCc1ccccc1)NC(=O)OCc1ccccc1)OCc1ccccc1. The molecule has 0 saturated heterocycles. The van der Waals surface area contributed by atoms with Gasteiger partial charge in [-0.05, 0) is 117 Å². The second-order valence-corrected chi connectivity index (χ2v) is 24.5. The minimum absolute atomic E-state index is 0.00920. The molecule has 548 valence electrons. The summed E-state index contributed by atoms with van der Waals surface area (Å²) in [5.74, 6) is -1.05. The maximum Gasteiger partial charge on any atom is 0.408 e. The number of amides is 9. The van der Waals surface area contributed by atoms with Crippen LogP contribution in [0.2, 0.25) is 0 Å². The van der Waals surface area contributed by atoms with Crippen molar-refractivity contribution in [2.75, 3.05) is 45.8 Å². The smallest absolute Gasteiger partial charge is 0.408 e. The summed E-state index contributed by atoms with van der Waals surface area (Å²) in [5.41, 5.74) is 4.91. The molecule has 8 N–H and O–H groups in total. The molecule has 6 rings (SSSR count). The van der Waals surface area contributed by atoms with Crippen LogP contribution in [0.15, 0.2) is 182 Å². The average molecular weight is 1400 g/mol. The number of benzene rings is 6. The van der Waals surface area contributed by atoms with Crippen LogP contribution < -0.4 is 42.5 Å². The first kappa shape index (κ1) is 80.3. The zero-order chi connectivity index (χ0) is 72.3. The monoisotopic (exact) mass is 1400 g/mol. The Labute approximate surface area is 598 Å². The molecule has 102 heavy (non-hydrogen) atoms. The predicted octanol–water partition coefficient (Wildman–Crippen LogP) is 12.3. The van der Waals surface area contributed by atoms with Gasteiger partial charge in [0, 0.05) is 45.8 Å². The molecule has 0 aromatic heterocycles. The van der Waals surface area contributed by atoms with E-state index in [1.807, 2.05) is 182 Å². The molecular weight excluding hydrogens is 1300 g/mol.